The first kappa shape index (κ1) is 9.10. The van der Waals surface area contributed by atoms with Crippen LogP contribution in [0.5, 0.6) is 0 Å². The number of para-hydroxylation sites is 1. The highest BCUT2D eigenvalue weighted by Crippen LogP contribution is 2.38. The molecule has 0 N–H and O–H groups in total. The summed E-state index contributed by atoms with van der Waals surface area (Å²) in [4.78, 5) is 8.61. The zero-order chi connectivity index (χ0) is 10.3. The fourth-order valence-corrected chi connectivity index (χ4v) is 2.25. The number of halogens is 1. The molecule has 1 aromatic heterocycles. The lowest BCUT2D eigenvalue weighted by Crippen LogP contribution is -2.11. The van der Waals surface area contributed by atoms with Gasteiger partial charge in [-0.25, -0.2) is 9.97 Å². The van der Waals surface area contributed by atoms with Crippen molar-refractivity contribution in [1.29, 1.82) is 0 Å². The molecule has 1 heterocycles. The van der Waals surface area contributed by atoms with Gasteiger partial charge in [0.15, 0.2) is 0 Å². The van der Waals surface area contributed by atoms with E-state index in [4.69, 9.17) is 11.6 Å². The van der Waals surface area contributed by atoms with Gasteiger partial charge in [0.2, 0.25) is 5.28 Å². The molecular weight excluding hydrogens is 208 g/mol. The summed E-state index contributed by atoms with van der Waals surface area (Å²) in [6.45, 7) is 0. The monoisotopic (exact) mass is 218 g/mol. The molecule has 0 amide bonds. The number of nitrogens with zero attached hydrogens (tertiary/aromatic N) is 2. The Balaban J connectivity index is 2.25. The molecule has 0 spiro atoms. The van der Waals surface area contributed by atoms with Gasteiger partial charge < -0.3 is 0 Å². The second-order valence-corrected chi connectivity index (χ2v) is 4.36. The first-order chi connectivity index (χ1) is 7.34. The van der Waals surface area contributed by atoms with E-state index in [9.17, 15) is 0 Å². The van der Waals surface area contributed by atoms with Crippen molar-refractivity contribution < 1.29 is 0 Å². The summed E-state index contributed by atoms with van der Waals surface area (Å²) >= 11 is 5.93. The molecule has 15 heavy (non-hydrogen) atoms. The summed E-state index contributed by atoms with van der Waals surface area (Å²) in [5.41, 5.74) is 2.09. The third-order valence-corrected chi connectivity index (χ3v) is 3.27. The minimum absolute atomic E-state index is 0.371. The molecule has 0 bridgehead atoms. The maximum Gasteiger partial charge on any atom is 0.223 e. The van der Waals surface area contributed by atoms with Crippen molar-refractivity contribution in [3.8, 4) is 0 Å². The van der Waals surface area contributed by atoms with E-state index in [0.717, 1.165) is 16.6 Å². The summed E-state index contributed by atoms with van der Waals surface area (Å²) in [5.74, 6) is 0.593. The Bertz CT molecular complexity index is 506. The number of benzene rings is 1. The van der Waals surface area contributed by atoms with Gasteiger partial charge in [-0.05, 0) is 30.5 Å². The molecule has 76 valence electrons. The summed E-state index contributed by atoms with van der Waals surface area (Å²) in [7, 11) is 0. The number of hydrogen-bond acceptors (Lipinski definition) is 2. The van der Waals surface area contributed by atoms with Crippen molar-refractivity contribution in [2.45, 2.75) is 25.2 Å². The van der Waals surface area contributed by atoms with Crippen LogP contribution in [-0.4, -0.2) is 9.97 Å². The molecule has 1 fully saturated rings. The number of rotatable bonds is 1. The lowest BCUT2D eigenvalue weighted by atomic mass is 9.81. The third-order valence-electron chi connectivity index (χ3n) is 3.10. The van der Waals surface area contributed by atoms with Gasteiger partial charge >= 0.3 is 0 Å². The van der Waals surface area contributed by atoms with E-state index >= 15 is 0 Å². The van der Waals surface area contributed by atoms with E-state index in [1.165, 1.54) is 19.3 Å². The van der Waals surface area contributed by atoms with E-state index in [1.807, 2.05) is 18.2 Å². The quantitative estimate of drug-likeness (QED) is 0.684. The molecular formula is C12H11ClN2. The topological polar surface area (TPSA) is 25.8 Å². The molecule has 1 aromatic carbocycles. The summed E-state index contributed by atoms with van der Waals surface area (Å²) in [6, 6.07) is 8.09. The Kier molecular flexibility index (Phi) is 2.10. The van der Waals surface area contributed by atoms with E-state index in [-0.39, 0.29) is 0 Å². The Hall–Kier alpha value is -1.15. The molecule has 0 aliphatic heterocycles. The molecule has 2 aromatic rings. The minimum Gasteiger partial charge on any atom is -0.222 e. The standard InChI is InChI=1S/C12H11ClN2/c13-12-14-10-7-2-1-6-9(10)11(15-12)8-4-3-5-8/h1-2,6-8H,3-5H2. The summed E-state index contributed by atoms with van der Waals surface area (Å²) in [6.07, 6.45) is 3.77. The molecule has 2 nitrogen and oxygen atoms in total. The van der Waals surface area contributed by atoms with Crippen molar-refractivity contribution in [2.24, 2.45) is 0 Å². The van der Waals surface area contributed by atoms with E-state index in [0.29, 0.717) is 11.2 Å². The Morgan fingerprint density at radius 2 is 1.93 bits per heavy atom. The van der Waals surface area contributed by atoms with E-state index < -0.39 is 0 Å². The van der Waals surface area contributed by atoms with Crippen LogP contribution in [0, 0.1) is 0 Å². The first-order valence-electron chi connectivity index (χ1n) is 5.27. The van der Waals surface area contributed by atoms with Gasteiger partial charge in [-0.15, -0.1) is 0 Å². The van der Waals surface area contributed by atoms with Gasteiger partial charge in [-0.3, -0.25) is 0 Å². The molecule has 0 saturated heterocycles. The average Bonchev–Trinajstić information content (AvgIpc) is 2.14. The van der Waals surface area contributed by atoms with E-state index in [1.54, 1.807) is 0 Å². The van der Waals surface area contributed by atoms with Gasteiger partial charge in [-0.1, -0.05) is 24.6 Å². The lowest BCUT2D eigenvalue weighted by Gasteiger charge is -2.25. The molecule has 0 radical (unpaired) electrons. The molecule has 1 saturated carbocycles. The SMILES string of the molecule is Clc1nc(C2CCC2)c2ccccc2n1. The number of aromatic nitrogens is 2. The highest BCUT2D eigenvalue weighted by Gasteiger charge is 2.23. The lowest BCUT2D eigenvalue weighted by molar-refractivity contribution is 0.413. The van der Waals surface area contributed by atoms with Crippen LogP contribution in [0.1, 0.15) is 30.9 Å². The Labute approximate surface area is 93.3 Å². The summed E-state index contributed by atoms with van der Waals surface area (Å²) in [5, 5.41) is 1.53. The van der Waals surface area contributed by atoms with Crippen LogP contribution in [0.2, 0.25) is 5.28 Å². The van der Waals surface area contributed by atoms with Crippen LogP contribution in [0.3, 0.4) is 0 Å². The molecule has 3 heteroatoms. The maximum atomic E-state index is 5.93. The van der Waals surface area contributed by atoms with Crippen molar-refractivity contribution >= 4 is 22.5 Å². The highest BCUT2D eigenvalue weighted by molar-refractivity contribution is 6.28. The summed E-state index contributed by atoms with van der Waals surface area (Å²) < 4.78 is 0. The fourth-order valence-electron chi connectivity index (χ4n) is 2.06. The molecule has 1 aliphatic carbocycles. The van der Waals surface area contributed by atoms with Crippen molar-refractivity contribution in [3.63, 3.8) is 0 Å². The zero-order valence-corrected chi connectivity index (χ0v) is 9.04. The van der Waals surface area contributed by atoms with Crippen LogP contribution >= 0.6 is 11.6 Å². The van der Waals surface area contributed by atoms with Gasteiger partial charge in [0.1, 0.15) is 0 Å². The van der Waals surface area contributed by atoms with Crippen molar-refractivity contribution in [2.75, 3.05) is 0 Å². The van der Waals surface area contributed by atoms with Gasteiger partial charge in [0, 0.05) is 11.3 Å². The zero-order valence-electron chi connectivity index (χ0n) is 8.28. The first-order valence-corrected chi connectivity index (χ1v) is 5.64. The second kappa shape index (κ2) is 3.46. The largest absolute Gasteiger partial charge is 0.223 e. The minimum atomic E-state index is 0.371. The van der Waals surface area contributed by atoms with Crippen LogP contribution in [0.4, 0.5) is 0 Å². The molecule has 1 aliphatic rings. The predicted molar refractivity (Wildman–Crippen MR) is 61.1 cm³/mol. The van der Waals surface area contributed by atoms with Gasteiger partial charge in [0.25, 0.3) is 0 Å². The Morgan fingerprint density at radius 3 is 2.67 bits per heavy atom. The predicted octanol–water partition coefficient (Wildman–Crippen LogP) is 3.55. The second-order valence-electron chi connectivity index (χ2n) is 4.02. The van der Waals surface area contributed by atoms with Crippen LogP contribution in [0.25, 0.3) is 10.9 Å². The smallest absolute Gasteiger partial charge is 0.222 e. The third kappa shape index (κ3) is 1.49. The normalized spacial score (nSPS) is 16.6. The Morgan fingerprint density at radius 1 is 1.13 bits per heavy atom. The maximum absolute atomic E-state index is 5.93. The van der Waals surface area contributed by atoms with Crippen molar-refractivity contribution in [3.05, 3.63) is 35.2 Å². The average molecular weight is 219 g/mol. The van der Waals surface area contributed by atoms with Crippen LogP contribution in [0.15, 0.2) is 24.3 Å². The van der Waals surface area contributed by atoms with Crippen LogP contribution < -0.4 is 0 Å². The molecule has 0 unspecified atom stereocenters. The van der Waals surface area contributed by atoms with E-state index in [2.05, 4.69) is 16.0 Å². The molecule has 3 rings (SSSR count). The van der Waals surface area contributed by atoms with Crippen LogP contribution in [-0.2, 0) is 0 Å². The van der Waals surface area contributed by atoms with Crippen molar-refractivity contribution in [1.82, 2.24) is 9.97 Å². The van der Waals surface area contributed by atoms with Gasteiger partial charge in [0.05, 0.1) is 11.2 Å². The number of fused-ring (bicyclic) bond motifs is 1. The molecule has 0 atom stereocenters. The highest BCUT2D eigenvalue weighted by atomic mass is 35.5. The fraction of sp³-hybridized carbons (Fsp3) is 0.333. The van der Waals surface area contributed by atoms with Gasteiger partial charge in [-0.2, -0.15) is 0 Å². The number of hydrogen-bond donors (Lipinski definition) is 0.